The van der Waals surface area contributed by atoms with Crippen molar-refractivity contribution in [2.75, 3.05) is 25.0 Å². The highest BCUT2D eigenvalue weighted by molar-refractivity contribution is 5.95. The number of anilines is 1. The van der Waals surface area contributed by atoms with E-state index in [1.807, 2.05) is 43.0 Å². The maximum absolute atomic E-state index is 12.2. The second-order valence-electron chi connectivity index (χ2n) is 5.40. The predicted molar refractivity (Wildman–Crippen MR) is 89.3 cm³/mol. The van der Waals surface area contributed by atoms with Gasteiger partial charge in [0.1, 0.15) is 0 Å². The van der Waals surface area contributed by atoms with Gasteiger partial charge < -0.3 is 10.2 Å². The molecule has 1 heterocycles. The Kier molecular flexibility index (Phi) is 5.58. The van der Waals surface area contributed by atoms with Gasteiger partial charge in [-0.05, 0) is 25.5 Å². The number of aryl methyl sites for hydroxylation is 2. The van der Waals surface area contributed by atoms with Crippen LogP contribution in [0.2, 0.25) is 0 Å². The number of benzene rings is 1. The van der Waals surface area contributed by atoms with E-state index in [9.17, 15) is 4.79 Å². The fourth-order valence-corrected chi connectivity index (χ4v) is 2.33. The molecule has 0 aliphatic rings. The molecule has 2 rings (SSSR count). The average Bonchev–Trinajstić information content (AvgIpc) is 2.89. The lowest BCUT2D eigenvalue weighted by Gasteiger charge is -2.19. The molecule has 1 aromatic carbocycles. The highest BCUT2D eigenvalue weighted by Crippen LogP contribution is 2.10. The molecule has 22 heavy (non-hydrogen) atoms. The summed E-state index contributed by atoms with van der Waals surface area (Å²) in [4.78, 5) is 14.3. The van der Waals surface area contributed by atoms with Crippen LogP contribution >= 0.6 is 0 Å². The number of nitrogens with one attached hydrogen (secondary N) is 1. The number of amides is 1. The molecule has 0 saturated heterocycles. The summed E-state index contributed by atoms with van der Waals surface area (Å²) in [6, 6.07) is 10.1. The van der Waals surface area contributed by atoms with Gasteiger partial charge in [0.15, 0.2) is 0 Å². The Hall–Kier alpha value is -2.30. The number of carbonyl (C=O) groups is 1. The molecule has 118 valence electrons. The van der Waals surface area contributed by atoms with Gasteiger partial charge in [-0.3, -0.25) is 9.48 Å². The number of carbonyl (C=O) groups excluding carboxylic acids is 1. The fraction of sp³-hybridized carbons (Fsp3) is 0.412. The Balaban J connectivity index is 1.85. The van der Waals surface area contributed by atoms with Crippen molar-refractivity contribution in [1.82, 2.24) is 15.1 Å². The zero-order chi connectivity index (χ0) is 15.9. The summed E-state index contributed by atoms with van der Waals surface area (Å²) in [6.07, 6.45) is 2.83. The number of hydrogen-bond acceptors (Lipinski definition) is 3. The van der Waals surface area contributed by atoms with Crippen molar-refractivity contribution < 1.29 is 4.79 Å². The first-order valence-corrected chi connectivity index (χ1v) is 7.70. The number of aromatic nitrogens is 2. The molecule has 1 N–H and O–H groups in total. The smallest absolute Gasteiger partial charge is 0.254 e. The van der Waals surface area contributed by atoms with Crippen LogP contribution in [0.25, 0.3) is 0 Å². The Labute approximate surface area is 131 Å². The number of rotatable bonds is 7. The quantitative estimate of drug-likeness (QED) is 0.854. The van der Waals surface area contributed by atoms with Crippen LogP contribution in [0, 0.1) is 6.92 Å². The van der Waals surface area contributed by atoms with Gasteiger partial charge in [0.05, 0.1) is 11.3 Å². The molecule has 1 aromatic heterocycles. The second kappa shape index (κ2) is 7.64. The van der Waals surface area contributed by atoms with Crippen LogP contribution in [0.3, 0.4) is 0 Å². The van der Waals surface area contributed by atoms with Crippen LogP contribution in [-0.4, -0.2) is 35.8 Å². The van der Waals surface area contributed by atoms with Gasteiger partial charge in [-0.15, -0.1) is 0 Å². The van der Waals surface area contributed by atoms with E-state index < -0.39 is 0 Å². The lowest BCUT2D eigenvalue weighted by atomic mass is 10.2. The summed E-state index contributed by atoms with van der Waals surface area (Å²) in [7, 11) is 2.02. The third kappa shape index (κ3) is 4.10. The van der Waals surface area contributed by atoms with Crippen molar-refractivity contribution in [1.29, 1.82) is 0 Å². The first-order chi connectivity index (χ1) is 10.6. The molecule has 1 amide bonds. The Morgan fingerprint density at radius 2 is 2.05 bits per heavy atom. The van der Waals surface area contributed by atoms with Crippen LogP contribution in [-0.2, 0) is 6.54 Å². The van der Waals surface area contributed by atoms with Crippen molar-refractivity contribution in [2.45, 2.75) is 26.8 Å². The minimum Gasteiger partial charge on any atom is -0.373 e. The number of likely N-dealkylation sites (N-methyl/N-ethyl adjacent to an activating group) is 1. The van der Waals surface area contributed by atoms with Crippen LogP contribution in [0.15, 0.2) is 36.5 Å². The molecule has 5 heteroatoms. The van der Waals surface area contributed by atoms with E-state index in [2.05, 4.69) is 34.4 Å². The molecule has 0 atom stereocenters. The first kappa shape index (κ1) is 16.1. The van der Waals surface area contributed by atoms with E-state index in [4.69, 9.17) is 0 Å². The zero-order valence-corrected chi connectivity index (χ0v) is 13.5. The van der Waals surface area contributed by atoms with Crippen molar-refractivity contribution in [3.05, 3.63) is 47.8 Å². The Bertz CT molecular complexity index is 606. The van der Waals surface area contributed by atoms with Crippen molar-refractivity contribution in [3.8, 4) is 0 Å². The maximum atomic E-state index is 12.2. The van der Waals surface area contributed by atoms with Gasteiger partial charge in [-0.2, -0.15) is 5.10 Å². The van der Waals surface area contributed by atoms with Gasteiger partial charge in [-0.1, -0.05) is 25.1 Å². The maximum Gasteiger partial charge on any atom is 0.254 e. The molecule has 0 bridgehead atoms. The zero-order valence-electron chi connectivity index (χ0n) is 13.5. The van der Waals surface area contributed by atoms with Crippen LogP contribution < -0.4 is 10.2 Å². The molecule has 0 radical (unpaired) electrons. The fourth-order valence-electron chi connectivity index (χ4n) is 2.33. The largest absolute Gasteiger partial charge is 0.373 e. The lowest BCUT2D eigenvalue weighted by molar-refractivity contribution is 0.0954. The molecular weight excluding hydrogens is 276 g/mol. The molecule has 0 saturated carbocycles. The van der Waals surface area contributed by atoms with Crippen molar-refractivity contribution in [2.24, 2.45) is 0 Å². The SMILES string of the molecule is CCCn1cc(C(=O)NCCN(C)c2ccccc2)c(C)n1. The van der Waals surface area contributed by atoms with Gasteiger partial charge >= 0.3 is 0 Å². The predicted octanol–water partition coefficient (Wildman–Crippen LogP) is 2.47. The molecule has 0 aliphatic heterocycles. The van der Waals surface area contributed by atoms with Gasteiger partial charge in [0.25, 0.3) is 5.91 Å². The number of hydrogen-bond donors (Lipinski definition) is 1. The summed E-state index contributed by atoms with van der Waals surface area (Å²) in [5.41, 5.74) is 2.59. The van der Waals surface area contributed by atoms with Gasteiger partial charge in [0.2, 0.25) is 0 Å². The topological polar surface area (TPSA) is 50.2 Å². The van der Waals surface area contributed by atoms with E-state index >= 15 is 0 Å². The highest BCUT2D eigenvalue weighted by Gasteiger charge is 2.12. The monoisotopic (exact) mass is 300 g/mol. The molecular formula is C17H24N4O. The number of nitrogens with zero attached hydrogens (tertiary/aromatic N) is 3. The molecule has 5 nitrogen and oxygen atoms in total. The summed E-state index contributed by atoms with van der Waals surface area (Å²) in [6.45, 7) is 6.17. The normalized spacial score (nSPS) is 10.5. The minimum atomic E-state index is -0.0543. The molecule has 0 aliphatic carbocycles. The molecule has 0 spiro atoms. The summed E-state index contributed by atoms with van der Waals surface area (Å²) < 4.78 is 1.83. The second-order valence-corrected chi connectivity index (χ2v) is 5.40. The molecule has 0 fully saturated rings. The lowest BCUT2D eigenvalue weighted by Crippen LogP contribution is -2.33. The van der Waals surface area contributed by atoms with E-state index in [1.165, 1.54) is 0 Å². The average molecular weight is 300 g/mol. The van der Waals surface area contributed by atoms with Gasteiger partial charge in [-0.25, -0.2) is 0 Å². The summed E-state index contributed by atoms with van der Waals surface area (Å²) in [5.74, 6) is -0.0543. The van der Waals surface area contributed by atoms with Crippen LogP contribution in [0.1, 0.15) is 29.4 Å². The van der Waals surface area contributed by atoms with E-state index in [0.29, 0.717) is 12.1 Å². The van der Waals surface area contributed by atoms with Crippen LogP contribution in [0.5, 0.6) is 0 Å². The van der Waals surface area contributed by atoms with Gasteiger partial charge in [0, 0.05) is 38.6 Å². The summed E-state index contributed by atoms with van der Waals surface area (Å²) in [5, 5.41) is 7.32. The minimum absolute atomic E-state index is 0.0543. The summed E-state index contributed by atoms with van der Waals surface area (Å²) >= 11 is 0. The number of para-hydroxylation sites is 1. The van der Waals surface area contributed by atoms with E-state index in [0.717, 1.165) is 30.9 Å². The van der Waals surface area contributed by atoms with Crippen molar-refractivity contribution >= 4 is 11.6 Å². The Morgan fingerprint density at radius 3 is 2.73 bits per heavy atom. The molecule has 2 aromatic rings. The third-order valence-electron chi connectivity index (χ3n) is 3.57. The van der Waals surface area contributed by atoms with E-state index in [-0.39, 0.29) is 5.91 Å². The molecule has 0 unspecified atom stereocenters. The first-order valence-electron chi connectivity index (χ1n) is 7.70. The standard InChI is InChI=1S/C17H24N4O/c1-4-11-21-13-16(14(2)19-21)17(22)18-10-12-20(3)15-8-6-5-7-9-15/h5-9,13H,4,10-12H2,1-3H3,(H,18,22). The van der Waals surface area contributed by atoms with Crippen LogP contribution in [0.4, 0.5) is 5.69 Å². The van der Waals surface area contributed by atoms with Crippen molar-refractivity contribution in [3.63, 3.8) is 0 Å². The highest BCUT2D eigenvalue weighted by atomic mass is 16.1. The third-order valence-corrected chi connectivity index (χ3v) is 3.57. The Morgan fingerprint density at radius 1 is 1.32 bits per heavy atom. The van der Waals surface area contributed by atoms with E-state index in [1.54, 1.807) is 0 Å².